The van der Waals surface area contributed by atoms with E-state index in [4.69, 9.17) is 4.74 Å². The first kappa shape index (κ1) is 11.0. The molecule has 3 nitrogen and oxygen atoms in total. The van der Waals surface area contributed by atoms with Crippen LogP contribution in [0.3, 0.4) is 0 Å². The molecular weight excluding hydrogens is 152 g/mol. The summed E-state index contributed by atoms with van der Waals surface area (Å²) in [6.07, 6.45) is 3.51. The Labute approximate surface area is 73.9 Å². The van der Waals surface area contributed by atoms with Crippen LogP contribution in [0.25, 0.3) is 0 Å². The molecule has 0 bridgehead atoms. The van der Waals surface area contributed by atoms with E-state index in [9.17, 15) is 0 Å². The van der Waals surface area contributed by atoms with E-state index in [0.29, 0.717) is 6.61 Å². The van der Waals surface area contributed by atoms with Crippen molar-refractivity contribution in [3.05, 3.63) is 12.7 Å². The summed E-state index contributed by atoms with van der Waals surface area (Å²) in [5.74, 6) is 0.977. The standard InChI is InChI=1S/C9H16N2O/c1-5-8(2)9(10-3)11-6-7-12-4/h5-6,8H,1,7H2,2-4H3. The normalized spacial score (nSPS) is 15.1. The topological polar surface area (TPSA) is 34.0 Å². The zero-order valence-electron chi connectivity index (χ0n) is 7.95. The Morgan fingerprint density at radius 3 is 2.75 bits per heavy atom. The Bertz CT molecular complexity index is 185. The fraction of sp³-hybridized carbons (Fsp3) is 0.556. The minimum Gasteiger partial charge on any atom is -0.379 e. The summed E-state index contributed by atoms with van der Waals surface area (Å²) in [6, 6.07) is 0. The summed E-state index contributed by atoms with van der Waals surface area (Å²) < 4.78 is 4.82. The van der Waals surface area contributed by atoms with E-state index in [2.05, 4.69) is 16.6 Å². The highest BCUT2D eigenvalue weighted by molar-refractivity contribution is 5.92. The Hall–Kier alpha value is -0.960. The van der Waals surface area contributed by atoms with Crippen LogP contribution in [0.5, 0.6) is 0 Å². The van der Waals surface area contributed by atoms with Crippen LogP contribution in [-0.4, -0.2) is 32.8 Å². The molecule has 0 amide bonds. The fourth-order valence-electron chi connectivity index (χ4n) is 0.690. The lowest BCUT2D eigenvalue weighted by Gasteiger charge is -2.03. The molecule has 0 saturated heterocycles. The SMILES string of the molecule is C=CC(C)C(N=CCOC)=NC. The van der Waals surface area contributed by atoms with E-state index in [1.807, 2.05) is 13.0 Å². The number of amidine groups is 1. The fourth-order valence-corrected chi connectivity index (χ4v) is 0.690. The van der Waals surface area contributed by atoms with Crippen LogP contribution in [-0.2, 0) is 4.74 Å². The van der Waals surface area contributed by atoms with Crippen molar-refractivity contribution < 1.29 is 4.74 Å². The number of ether oxygens (including phenoxy) is 1. The molecule has 0 aromatic heterocycles. The van der Waals surface area contributed by atoms with Crippen molar-refractivity contribution in [1.29, 1.82) is 0 Å². The summed E-state index contributed by atoms with van der Waals surface area (Å²) in [6.45, 7) is 6.19. The van der Waals surface area contributed by atoms with Crippen LogP contribution in [0, 0.1) is 5.92 Å². The molecule has 0 aliphatic carbocycles. The van der Waals surface area contributed by atoms with Gasteiger partial charge < -0.3 is 4.74 Å². The predicted octanol–water partition coefficient (Wildman–Crippen LogP) is 1.55. The van der Waals surface area contributed by atoms with Gasteiger partial charge in [0.25, 0.3) is 0 Å². The molecule has 0 aliphatic rings. The number of aliphatic imine (C=N–C) groups is 2. The molecule has 1 unspecified atom stereocenters. The van der Waals surface area contributed by atoms with Crippen molar-refractivity contribution in [3.63, 3.8) is 0 Å². The van der Waals surface area contributed by atoms with Crippen LogP contribution < -0.4 is 0 Å². The molecule has 0 radical (unpaired) electrons. The largest absolute Gasteiger partial charge is 0.379 e. The molecule has 0 rings (SSSR count). The third-order valence-corrected chi connectivity index (χ3v) is 1.45. The Morgan fingerprint density at radius 1 is 1.67 bits per heavy atom. The van der Waals surface area contributed by atoms with Crippen LogP contribution in [0.2, 0.25) is 0 Å². The van der Waals surface area contributed by atoms with Crippen molar-refractivity contribution >= 4 is 12.1 Å². The smallest absolute Gasteiger partial charge is 0.129 e. The highest BCUT2D eigenvalue weighted by atomic mass is 16.5. The van der Waals surface area contributed by atoms with Gasteiger partial charge in [-0.05, 0) is 0 Å². The van der Waals surface area contributed by atoms with E-state index >= 15 is 0 Å². The van der Waals surface area contributed by atoms with Crippen LogP contribution in [0.15, 0.2) is 22.6 Å². The lowest BCUT2D eigenvalue weighted by molar-refractivity contribution is 0.248. The third-order valence-electron chi connectivity index (χ3n) is 1.45. The zero-order valence-corrected chi connectivity index (χ0v) is 7.95. The van der Waals surface area contributed by atoms with Gasteiger partial charge in [-0.25, -0.2) is 4.99 Å². The van der Waals surface area contributed by atoms with Crippen molar-refractivity contribution in [2.45, 2.75) is 6.92 Å². The second kappa shape index (κ2) is 6.73. The van der Waals surface area contributed by atoms with Crippen molar-refractivity contribution in [2.75, 3.05) is 20.8 Å². The van der Waals surface area contributed by atoms with Gasteiger partial charge in [-0.2, -0.15) is 0 Å². The minimum absolute atomic E-state index is 0.197. The Kier molecular flexibility index (Phi) is 6.19. The summed E-state index contributed by atoms with van der Waals surface area (Å²) >= 11 is 0. The first-order chi connectivity index (χ1) is 5.76. The highest BCUT2D eigenvalue weighted by Crippen LogP contribution is 2.00. The molecular formula is C9H16N2O. The molecule has 0 saturated carbocycles. The maximum Gasteiger partial charge on any atom is 0.129 e. The van der Waals surface area contributed by atoms with E-state index in [0.717, 1.165) is 5.84 Å². The predicted molar refractivity (Wildman–Crippen MR) is 53.1 cm³/mol. The number of hydrogen-bond acceptors (Lipinski definition) is 2. The average molecular weight is 168 g/mol. The molecule has 0 aromatic rings. The van der Waals surface area contributed by atoms with E-state index in [1.165, 1.54) is 0 Å². The molecule has 0 spiro atoms. The van der Waals surface area contributed by atoms with Gasteiger partial charge in [0.1, 0.15) is 5.84 Å². The zero-order chi connectivity index (χ0) is 9.40. The second-order valence-corrected chi connectivity index (χ2v) is 2.37. The van der Waals surface area contributed by atoms with Crippen molar-refractivity contribution in [3.8, 4) is 0 Å². The molecule has 3 heteroatoms. The summed E-state index contributed by atoms with van der Waals surface area (Å²) in [7, 11) is 3.35. The van der Waals surface area contributed by atoms with Gasteiger partial charge in [0, 0.05) is 26.3 Å². The molecule has 0 aliphatic heterocycles. The minimum atomic E-state index is 0.197. The van der Waals surface area contributed by atoms with Gasteiger partial charge in [-0.1, -0.05) is 13.0 Å². The molecule has 0 heterocycles. The van der Waals surface area contributed by atoms with Crippen molar-refractivity contribution in [2.24, 2.45) is 15.9 Å². The first-order valence-electron chi connectivity index (χ1n) is 3.87. The van der Waals surface area contributed by atoms with E-state index in [1.54, 1.807) is 20.4 Å². The molecule has 68 valence electrons. The van der Waals surface area contributed by atoms with Crippen LogP contribution in [0.4, 0.5) is 0 Å². The monoisotopic (exact) mass is 168 g/mol. The van der Waals surface area contributed by atoms with Gasteiger partial charge in [0.15, 0.2) is 0 Å². The van der Waals surface area contributed by atoms with Gasteiger partial charge in [0.2, 0.25) is 0 Å². The lowest BCUT2D eigenvalue weighted by Crippen LogP contribution is -2.06. The Balaban J connectivity index is 4.09. The summed E-state index contributed by atoms with van der Waals surface area (Å²) in [5, 5.41) is 0. The van der Waals surface area contributed by atoms with Gasteiger partial charge in [-0.3, -0.25) is 4.99 Å². The average Bonchev–Trinajstić information content (AvgIpc) is 2.11. The quantitative estimate of drug-likeness (QED) is 0.356. The maximum atomic E-state index is 4.82. The van der Waals surface area contributed by atoms with Crippen molar-refractivity contribution in [1.82, 2.24) is 0 Å². The maximum absolute atomic E-state index is 4.82. The van der Waals surface area contributed by atoms with Gasteiger partial charge >= 0.3 is 0 Å². The van der Waals surface area contributed by atoms with E-state index < -0.39 is 0 Å². The number of methoxy groups -OCH3 is 1. The summed E-state index contributed by atoms with van der Waals surface area (Å²) in [5.41, 5.74) is 0. The van der Waals surface area contributed by atoms with Gasteiger partial charge in [0.05, 0.1) is 6.61 Å². The number of hydrogen-bond donors (Lipinski definition) is 0. The van der Waals surface area contributed by atoms with Crippen LogP contribution in [0.1, 0.15) is 6.92 Å². The van der Waals surface area contributed by atoms with Crippen LogP contribution >= 0.6 is 0 Å². The molecule has 1 atom stereocenters. The number of nitrogens with zero attached hydrogens (tertiary/aromatic N) is 2. The molecule has 0 N–H and O–H groups in total. The second-order valence-electron chi connectivity index (χ2n) is 2.37. The van der Waals surface area contributed by atoms with Gasteiger partial charge in [-0.15, -0.1) is 6.58 Å². The molecule has 12 heavy (non-hydrogen) atoms. The lowest BCUT2D eigenvalue weighted by atomic mass is 10.1. The third kappa shape index (κ3) is 4.03. The first-order valence-corrected chi connectivity index (χ1v) is 3.87. The molecule has 0 fully saturated rings. The van der Waals surface area contributed by atoms with E-state index in [-0.39, 0.29) is 5.92 Å². The number of rotatable bonds is 4. The Morgan fingerprint density at radius 2 is 2.33 bits per heavy atom. The summed E-state index contributed by atoms with van der Waals surface area (Å²) in [4.78, 5) is 8.15. The highest BCUT2D eigenvalue weighted by Gasteiger charge is 2.01. The molecule has 0 aromatic carbocycles.